The molecule has 23 heavy (non-hydrogen) atoms. The van der Waals surface area contributed by atoms with Gasteiger partial charge < -0.3 is 5.32 Å². The summed E-state index contributed by atoms with van der Waals surface area (Å²) in [5.41, 5.74) is 1.98. The second-order valence-corrected chi connectivity index (χ2v) is 9.33. The van der Waals surface area contributed by atoms with E-state index in [2.05, 4.69) is 10.3 Å². The van der Waals surface area contributed by atoms with Gasteiger partial charge in [0, 0.05) is 42.1 Å². The van der Waals surface area contributed by atoms with Crippen LogP contribution in [0, 0.1) is 0 Å². The van der Waals surface area contributed by atoms with Crippen LogP contribution >= 0.6 is 23.1 Å². The van der Waals surface area contributed by atoms with Crippen molar-refractivity contribution in [3.05, 3.63) is 35.7 Å². The van der Waals surface area contributed by atoms with Gasteiger partial charge in [0.15, 0.2) is 5.13 Å². The van der Waals surface area contributed by atoms with E-state index in [1.165, 1.54) is 11.3 Å². The van der Waals surface area contributed by atoms with Crippen LogP contribution in [0.25, 0.3) is 11.3 Å². The largest absolute Gasteiger partial charge is 0.360 e. The van der Waals surface area contributed by atoms with Crippen molar-refractivity contribution in [3.63, 3.8) is 0 Å². The maximum atomic E-state index is 12.3. The molecule has 8 heteroatoms. The van der Waals surface area contributed by atoms with Gasteiger partial charge in [-0.2, -0.15) is 11.8 Å². The van der Waals surface area contributed by atoms with E-state index < -0.39 is 10.0 Å². The first-order valence-corrected chi connectivity index (χ1v) is 11.1. The zero-order valence-electron chi connectivity index (χ0n) is 12.6. The van der Waals surface area contributed by atoms with Crippen molar-refractivity contribution in [1.82, 2.24) is 9.29 Å². The van der Waals surface area contributed by atoms with Crippen LogP contribution in [0.1, 0.15) is 0 Å². The Kier molecular flexibility index (Phi) is 5.58. The van der Waals surface area contributed by atoms with E-state index in [9.17, 15) is 8.42 Å². The molecule has 1 aromatic heterocycles. The van der Waals surface area contributed by atoms with Crippen molar-refractivity contribution in [3.8, 4) is 11.3 Å². The minimum absolute atomic E-state index is 0.109. The number of aromatic nitrogens is 1. The molecule has 0 radical (unpaired) electrons. The van der Waals surface area contributed by atoms with Gasteiger partial charge in [0.2, 0.25) is 10.0 Å². The number of benzene rings is 1. The SMILES string of the molecule is O=S(=O)(CCNc1nc(-c2ccccc2)cs1)N1CCSCC1. The minimum atomic E-state index is -3.16. The number of nitrogens with zero attached hydrogens (tertiary/aromatic N) is 2. The fraction of sp³-hybridized carbons (Fsp3) is 0.400. The molecule has 2 heterocycles. The Bertz CT molecular complexity index is 725. The number of anilines is 1. The lowest BCUT2D eigenvalue weighted by Crippen LogP contribution is -2.40. The number of hydrogen-bond acceptors (Lipinski definition) is 6. The minimum Gasteiger partial charge on any atom is -0.360 e. The van der Waals surface area contributed by atoms with E-state index in [-0.39, 0.29) is 5.75 Å². The second kappa shape index (κ2) is 7.65. The molecule has 0 aliphatic carbocycles. The fourth-order valence-corrected chi connectivity index (χ4v) is 5.58. The molecule has 0 bridgehead atoms. The molecule has 1 N–H and O–H groups in total. The molecule has 5 nitrogen and oxygen atoms in total. The van der Waals surface area contributed by atoms with Crippen LogP contribution in [-0.2, 0) is 10.0 Å². The highest BCUT2D eigenvalue weighted by Gasteiger charge is 2.23. The van der Waals surface area contributed by atoms with Gasteiger partial charge in [0.1, 0.15) is 0 Å². The Morgan fingerprint density at radius 3 is 2.65 bits per heavy atom. The Labute approximate surface area is 145 Å². The Balaban J connectivity index is 1.54. The van der Waals surface area contributed by atoms with Crippen molar-refractivity contribution in [2.75, 3.05) is 42.2 Å². The lowest BCUT2D eigenvalue weighted by molar-refractivity contribution is 0.444. The van der Waals surface area contributed by atoms with Crippen LogP contribution in [0.2, 0.25) is 0 Å². The third kappa shape index (κ3) is 4.47. The Morgan fingerprint density at radius 1 is 1.17 bits per heavy atom. The molecule has 1 saturated heterocycles. The number of rotatable bonds is 6. The summed E-state index contributed by atoms with van der Waals surface area (Å²) in [6.45, 7) is 1.64. The van der Waals surface area contributed by atoms with Crippen molar-refractivity contribution in [2.45, 2.75) is 0 Å². The highest BCUT2D eigenvalue weighted by atomic mass is 32.2. The lowest BCUT2D eigenvalue weighted by Gasteiger charge is -2.25. The van der Waals surface area contributed by atoms with Gasteiger partial charge in [-0.1, -0.05) is 30.3 Å². The zero-order chi connectivity index (χ0) is 16.1. The molecule has 0 amide bonds. The molecule has 0 spiro atoms. The molecule has 0 unspecified atom stereocenters. The third-order valence-electron chi connectivity index (χ3n) is 3.57. The molecule has 1 aromatic carbocycles. The topological polar surface area (TPSA) is 62.3 Å². The van der Waals surface area contributed by atoms with Crippen LogP contribution in [0.5, 0.6) is 0 Å². The van der Waals surface area contributed by atoms with Crippen LogP contribution in [-0.4, -0.2) is 54.6 Å². The predicted molar refractivity (Wildman–Crippen MR) is 98.7 cm³/mol. The fourth-order valence-electron chi connectivity index (χ4n) is 2.34. The molecule has 2 aromatic rings. The normalized spacial score (nSPS) is 16.3. The van der Waals surface area contributed by atoms with E-state index in [1.54, 1.807) is 16.1 Å². The Hall–Kier alpha value is -1.09. The Morgan fingerprint density at radius 2 is 1.91 bits per heavy atom. The van der Waals surface area contributed by atoms with Crippen LogP contribution in [0.15, 0.2) is 35.7 Å². The summed E-state index contributed by atoms with van der Waals surface area (Å²) in [4.78, 5) is 4.51. The first-order chi connectivity index (χ1) is 11.1. The highest BCUT2D eigenvalue weighted by molar-refractivity contribution is 7.99. The molecular formula is C15H19N3O2S3. The van der Waals surface area contributed by atoms with Crippen molar-refractivity contribution in [2.24, 2.45) is 0 Å². The van der Waals surface area contributed by atoms with E-state index in [4.69, 9.17) is 0 Å². The summed E-state index contributed by atoms with van der Waals surface area (Å²) < 4.78 is 26.1. The molecule has 0 saturated carbocycles. The number of sulfonamides is 1. The summed E-state index contributed by atoms with van der Waals surface area (Å²) in [5, 5.41) is 5.86. The van der Waals surface area contributed by atoms with E-state index in [1.807, 2.05) is 35.7 Å². The van der Waals surface area contributed by atoms with Gasteiger partial charge in [-0.25, -0.2) is 17.7 Å². The van der Waals surface area contributed by atoms with E-state index >= 15 is 0 Å². The second-order valence-electron chi connectivity index (χ2n) is 5.16. The molecular weight excluding hydrogens is 350 g/mol. The smallest absolute Gasteiger partial charge is 0.215 e. The molecule has 1 aliphatic heterocycles. The van der Waals surface area contributed by atoms with Gasteiger partial charge in [-0.05, 0) is 0 Å². The van der Waals surface area contributed by atoms with Gasteiger partial charge in [0.05, 0.1) is 11.4 Å². The van der Waals surface area contributed by atoms with Crippen LogP contribution < -0.4 is 5.32 Å². The van der Waals surface area contributed by atoms with Gasteiger partial charge in [-0.15, -0.1) is 11.3 Å². The first kappa shape index (κ1) is 16.8. The summed E-state index contributed by atoms with van der Waals surface area (Å²) in [7, 11) is -3.16. The number of hydrogen-bond donors (Lipinski definition) is 1. The van der Waals surface area contributed by atoms with Crippen molar-refractivity contribution >= 4 is 38.3 Å². The number of thioether (sulfide) groups is 1. The molecule has 0 atom stereocenters. The standard InChI is InChI=1S/C15H19N3O2S3/c19-23(20,18-7-9-21-10-8-18)11-6-16-15-17-14(12-22-15)13-4-2-1-3-5-13/h1-5,12H,6-11H2,(H,16,17). The monoisotopic (exact) mass is 369 g/mol. The molecule has 1 fully saturated rings. The summed E-state index contributed by atoms with van der Waals surface area (Å²) in [6.07, 6.45) is 0. The number of nitrogens with one attached hydrogen (secondary N) is 1. The molecule has 124 valence electrons. The zero-order valence-corrected chi connectivity index (χ0v) is 15.1. The summed E-state index contributed by atoms with van der Waals surface area (Å²) in [6, 6.07) is 9.95. The van der Waals surface area contributed by atoms with Crippen molar-refractivity contribution in [1.29, 1.82) is 0 Å². The maximum Gasteiger partial charge on any atom is 0.215 e. The van der Waals surface area contributed by atoms with Crippen LogP contribution in [0.3, 0.4) is 0 Å². The van der Waals surface area contributed by atoms with Gasteiger partial charge in [0.25, 0.3) is 0 Å². The summed E-state index contributed by atoms with van der Waals surface area (Å²) in [5.74, 6) is 1.89. The molecule has 3 rings (SSSR count). The van der Waals surface area contributed by atoms with Crippen molar-refractivity contribution < 1.29 is 8.42 Å². The van der Waals surface area contributed by atoms with Gasteiger partial charge in [-0.3, -0.25) is 0 Å². The lowest BCUT2D eigenvalue weighted by atomic mass is 10.2. The summed E-state index contributed by atoms with van der Waals surface area (Å²) >= 11 is 3.30. The quantitative estimate of drug-likeness (QED) is 0.848. The van der Waals surface area contributed by atoms with Crippen LogP contribution in [0.4, 0.5) is 5.13 Å². The van der Waals surface area contributed by atoms with E-state index in [0.717, 1.165) is 27.9 Å². The van der Waals surface area contributed by atoms with Gasteiger partial charge >= 0.3 is 0 Å². The highest BCUT2D eigenvalue weighted by Crippen LogP contribution is 2.24. The third-order valence-corrected chi connectivity index (χ3v) is 7.19. The maximum absolute atomic E-state index is 12.3. The average Bonchev–Trinajstić information content (AvgIpc) is 3.05. The number of thiazole rings is 1. The predicted octanol–water partition coefficient (Wildman–Crippen LogP) is 2.60. The van der Waals surface area contributed by atoms with E-state index in [0.29, 0.717) is 19.6 Å². The first-order valence-electron chi connectivity index (χ1n) is 7.45. The average molecular weight is 370 g/mol. The molecule has 1 aliphatic rings.